The highest BCUT2D eigenvalue weighted by molar-refractivity contribution is 5.87. The summed E-state index contributed by atoms with van der Waals surface area (Å²) in [5.74, 6) is -2.26. The Bertz CT molecular complexity index is 1100. The Morgan fingerprint density at radius 1 is 1.00 bits per heavy atom. The van der Waals surface area contributed by atoms with Crippen LogP contribution in [0.2, 0.25) is 0 Å². The summed E-state index contributed by atoms with van der Waals surface area (Å²) in [7, 11) is 2.05. The Hall–Kier alpha value is -3.28. The number of aliphatic carboxylic acids is 1. The van der Waals surface area contributed by atoms with Gasteiger partial charge in [0.2, 0.25) is 11.8 Å². The van der Waals surface area contributed by atoms with Gasteiger partial charge < -0.3 is 34.7 Å². The average molecular weight is 561 g/mol. The SMILES string of the molecule is CCN(C)Cc1cc2ccccc2n1CCC(=O)C[C@@H](CCC(=O)O)C(=O)NCCOCCOCCNC(C)=O. The average Bonchev–Trinajstić information content (AvgIpc) is 3.26. The maximum Gasteiger partial charge on any atom is 0.303 e. The van der Waals surface area contributed by atoms with Crippen LogP contribution >= 0.6 is 0 Å². The molecular formula is C29H44N4O7. The standard InChI is InChI=1S/C29H44N4O7/c1-4-32(3)21-25-19-23-7-5-6-8-27(23)33(25)14-11-26(35)20-24(9-10-28(36)37)29(38)31-13-16-40-18-17-39-15-12-30-22(2)34/h5-8,19,24H,4,9-18,20-21H2,1-3H3,(H,30,34)(H,31,38)(H,36,37)/t24-/m1/s1. The molecule has 11 nitrogen and oxygen atoms in total. The monoisotopic (exact) mass is 560 g/mol. The second-order valence-electron chi connectivity index (χ2n) is 9.80. The summed E-state index contributed by atoms with van der Waals surface area (Å²) in [4.78, 5) is 49.9. The van der Waals surface area contributed by atoms with E-state index in [1.54, 1.807) is 0 Å². The van der Waals surface area contributed by atoms with Crippen molar-refractivity contribution in [2.45, 2.75) is 52.6 Å². The molecule has 0 radical (unpaired) electrons. The molecule has 1 atom stereocenters. The van der Waals surface area contributed by atoms with Gasteiger partial charge in [-0.05, 0) is 37.5 Å². The van der Waals surface area contributed by atoms with Crippen molar-refractivity contribution in [2.75, 3.05) is 53.1 Å². The first-order chi connectivity index (χ1) is 19.2. The predicted octanol–water partition coefficient (Wildman–Crippen LogP) is 2.21. The van der Waals surface area contributed by atoms with Crippen molar-refractivity contribution in [1.29, 1.82) is 0 Å². The number of para-hydroxylation sites is 1. The third-order valence-corrected chi connectivity index (χ3v) is 6.57. The van der Waals surface area contributed by atoms with E-state index < -0.39 is 11.9 Å². The van der Waals surface area contributed by atoms with Gasteiger partial charge >= 0.3 is 5.97 Å². The first kappa shape index (κ1) is 32.9. The molecule has 0 saturated heterocycles. The lowest BCUT2D eigenvalue weighted by Crippen LogP contribution is -2.35. The quantitative estimate of drug-likeness (QED) is 0.198. The second-order valence-corrected chi connectivity index (χ2v) is 9.80. The van der Waals surface area contributed by atoms with Gasteiger partial charge in [0.25, 0.3) is 0 Å². The van der Waals surface area contributed by atoms with Crippen LogP contribution in [0.5, 0.6) is 0 Å². The van der Waals surface area contributed by atoms with E-state index >= 15 is 0 Å². The molecule has 2 aromatic rings. The number of carbonyl (C=O) groups is 4. The van der Waals surface area contributed by atoms with Crippen LogP contribution in [-0.4, -0.2) is 91.2 Å². The molecule has 222 valence electrons. The normalized spacial score (nSPS) is 12.0. The zero-order chi connectivity index (χ0) is 29.3. The summed E-state index contributed by atoms with van der Waals surface area (Å²) < 4.78 is 12.9. The van der Waals surface area contributed by atoms with Gasteiger partial charge in [0, 0.05) is 69.5 Å². The molecule has 0 aliphatic heterocycles. The number of benzene rings is 1. The fourth-order valence-corrected chi connectivity index (χ4v) is 4.30. The van der Waals surface area contributed by atoms with Gasteiger partial charge in [-0.25, -0.2) is 0 Å². The highest BCUT2D eigenvalue weighted by Crippen LogP contribution is 2.22. The smallest absolute Gasteiger partial charge is 0.303 e. The van der Waals surface area contributed by atoms with Gasteiger partial charge in [-0.3, -0.25) is 19.2 Å². The van der Waals surface area contributed by atoms with E-state index in [2.05, 4.69) is 39.2 Å². The van der Waals surface area contributed by atoms with Crippen molar-refractivity contribution in [3.8, 4) is 0 Å². The molecule has 2 amide bonds. The summed E-state index contributed by atoms with van der Waals surface area (Å²) in [5.41, 5.74) is 2.18. The van der Waals surface area contributed by atoms with Crippen molar-refractivity contribution >= 4 is 34.5 Å². The highest BCUT2D eigenvalue weighted by Gasteiger charge is 2.23. The van der Waals surface area contributed by atoms with Gasteiger partial charge in [-0.15, -0.1) is 0 Å². The molecule has 1 aromatic heterocycles. The van der Waals surface area contributed by atoms with Gasteiger partial charge in [-0.1, -0.05) is 25.1 Å². The van der Waals surface area contributed by atoms with Gasteiger partial charge in [0.15, 0.2) is 0 Å². The van der Waals surface area contributed by atoms with E-state index in [4.69, 9.17) is 14.6 Å². The number of rotatable bonds is 21. The minimum absolute atomic E-state index is 0.00843. The fraction of sp³-hybridized carbons (Fsp3) is 0.586. The molecule has 40 heavy (non-hydrogen) atoms. The van der Waals surface area contributed by atoms with Gasteiger partial charge in [0.05, 0.1) is 26.4 Å². The number of carboxylic acid groups (broad SMARTS) is 1. The molecule has 0 aliphatic rings. The molecule has 2 rings (SSSR count). The lowest BCUT2D eigenvalue weighted by Gasteiger charge is -2.18. The molecule has 0 fully saturated rings. The van der Waals surface area contributed by atoms with Crippen molar-refractivity contribution < 1.29 is 33.8 Å². The van der Waals surface area contributed by atoms with Gasteiger partial charge in [-0.2, -0.15) is 0 Å². The lowest BCUT2D eigenvalue weighted by molar-refractivity contribution is -0.138. The fourth-order valence-electron chi connectivity index (χ4n) is 4.30. The minimum Gasteiger partial charge on any atom is -0.481 e. The number of aryl methyl sites for hydroxylation is 1. The van der Waals surface area contributed by atoms with Crippen LogP contribution in [0, 0.1) is 5.92 Å². The molecular weight excluding hydrogens is 516 g/mol. The number of hydrogen-bond acceptors (Lipinski definition) is 7. The van der Waals surface area contributed by atoms with Crippen LogP contribution in [0.4, 0.5) is 0 Å². The number of carbonyl (C=O) groups excluding carboxylic acids is 3. The number of ketones is 1. The molecule has 11 heteroatoms. The molecule has 0 unspecified atom stereocenters. The van der Waals surface area contributed by atoms with Crippen molar-refractivity contribution in [3.63, 3.8) is 0 Å². The van der Waals surface area contributed by atoms with E-state index in [1.165, 1.54) is 6.92 Å². The highest BCUT2D eigenvalue weighted by atomic mass is 16.5. The molecule has 1 aromatic carbocycles. The first-order valence-corrected chi connectivity index (χ1v) is 13.9. The maximum absolute atomic E-state index is 13.0. The number of nitrogens with one attached hydrogen (secondary N) is 2. The lowest BCUT2D eigenvalue weighted by atomic mass is 9.95. The van der Waals surface area contributed by atoms with Crippen LogP contribution < -0.4 is 10.6 Å². The Morgan fingerprint density at radius 3 is 2.33 bits per heavy atom. The number of ether oxygens (including phenoxy) is 2. The molecule has 0 saturated carbocycles. The van der Waals surface area contributed by atoms with Crippen molar-refractivity contribution in [1.82, 2.24) is 20.1 Å². The maximum atomic E-state index is 13.0. The van der Waals surface area contributed by atoms with Crippen LogP contribution in [-0.2, 0) is 41.7 Å². The topological polar surface area (TPSA) is 139 Å². The largest absolute Gasteiger partial charge is 0.481 e. The number of amides is 2. The Kier molecular flexibility index (Phi) is 14.9. The minimum atomic E-state index is -1.00. The number of aromatic nitrogens is 1. The summed E-state index contributed by atoms with van der Waals surface area (Å²) in [5, 5.41) is 15.6. The third-order valence-electron chi connectivity index (χ3n) is 6.57. The van der Waals surface area contributed by atoms with Crippen LogP contribution in [0.15, 0.2) is 30.3 Å². The Balaban J connectivity index is 1.84. The molecule has 0 aliphatic carbocycles. The van der Waals surface area contributed by atoms with E-state index in [1.807, 2.05) is 25.2 Å². The third kappa shape index (κ3) is 12.3. The number of hydrogen-bond donors (Lipinski definition) is 3. The summed E-state index contributed by atoms with van der Waals surface area (Å²) in [6.07, 6.45) is 0.150. The summed E-state index contributed by atoms with van der Waals surface area (Å²) in [6, 6.07) is 10.2. The van der Waals surface area contributed by atoms with Crippen LogP contribution in [0.25, 0.3) is 10.9 Å². The van der Waals surface area contributed by atoms with E-state index in [0.717, 1.165) is 29.7 Å². The number of nitrogens with zero attached hydrogens (tertiary/aromatic N) is 2. The number of carboxylic acids is 1. The van der Waals surface area contributed by atoms with E-state index in [-0.39, 0.29) is 56.4 Å². The molecule has 0 bridgehead atoms. The van der Waals surface area contributed by atoms with E-state index in [0.29, 0.717) is 32.9 Å². The molecule has 3 N–H and O–H groups in total. The van der Waals surface area contributed by atoms with Crippen LogP contribution in [0.1, 0.15) is 45.2 Å². The number of Topliss-reactive ketones (excluding diaryl/α,β-unsaturated/α-hetero) is 1. The van der Waals surface area contributed by atoms with Gasteiger partial charge in [0.1, 0.15) is 5.78 Å². The van der Waals surface area contributed by atoms with Crippen LogP contribution in [0.3, 0.4) is 0 Å². The Labute approximate surface area is 236 Å². The summed E-state index contributed by atoms with van der Waals surface area (Å²) in [6.45, 7) is 7.70. The predicted molar refractivity (Wildman–Crippen MR) is 152 cm³/mol. The molecule has 0 spiro atoms. The first-order valence-electron chi connectivity index (χ1n) is 13.9. The summed E-state index contributed by atoms with van der Waals surface area (Å²) >= 11 is 0. The zero-order valence-corrected chi connectivity index (χ0v) is 23.9. The second kappa shape index (κ2) is 18.1. The zero-order valence-electron chi connectivity index (χ0n) is 23.9. The van der Waals surface area contributed by atoms with Crippen molar-refractivity contribution in [2.24, 2.45) is 5.92 Å². The Morgan fingerprint density at radius 2 is 1.68 bits per heavy atom. The molecule has 1 heterocycles. The number of fused-ring (bicyclic) bond motifs is 1. The van der Waals surface area contributed by atoms with Crippen molar-refractivity contribution in [3.05, 3.63) is 36.0 Å². The van der Waals surface area contributed by atoms with E-state index in [9.17, 15) is 19.2 Å².